The molecule has 2 N–H and O–H groups in total. The van der Waals surface area contributed by atoms with Gasteiger partial charge in [-0.1, -0.05) is 36.4 Å². The van der Waals surface area contributed by atoms with Gasteiger partial charge in [-0.25, -0.2) is 9.37 Å². The summed E-state index contributed by atoms with van der Waals surface area (Å²) >= 11 is 0. The van der Waals surface area contributed by atoms with Gasteiger partial charge in [0.25, 0.3) is 0 Å². The standard InChI is InChI=1S/C20H14FN3O/c21-16-7-10-18-19(11-16)24-20(23-18)22-17-8-5-15(6-9-17)14-3-1-13(12-25)2-4-14/h1-12H,(H2,22,23,24). The van der Waals surface area contributed by atoms with E-state index in [2.05, 4.69) is 15.3 Å². The molecule has 0 spiro atoms. The molecule has 122 valence electrons. The van der Waals surface area contributed by atoms with Crippen LogP contribution >= 0.6 is 0 Å². The van der Waals surface area contributed by atoms with Gasteiger partial charge in [-0.05, 0) is 35.4 Å². The summed E-state index contributed by atoms with van der Waals surface area (Å²) in [6.07, 6.45) is 0.829. The Morgan fingerprint density at radius 3 is 2.28 bits per heavy atom. The molecule has 0 aliphatic carbocycles. The second-order valence-electron chi connectivity index (χ2n) is 5.69. The Labute approximate surface area is 143 Å². The maximum Gasteiger partial charge on any atom is 0.205 e. The maximum absolute atomic E-state index is 13.2. The highest BCUT2D eigenvalue weighted by atomic mass is 19.1. The molecule has 0 amide bonds. The molecule has 4 rings (SSSR count). The topological polar surface area (TPSA) is 57.8 Å². The van der Waals surface area contributed by atoms with E-state index in [1.54, 1.807) is 18.2 Å². The molecule has 0 unspecified atom stereocenters. The third kappa shape index (κ3) is 3.12. The van der Waals surface area contributed by atoms with Gasteiger partial charge in [0.2, 0.25) is 5.95 Å². The second-order valence-corrected chi connectivity index (χ2v) is 5.69. The number of carbonyl (C=O) groups is 1. The van der Waals surface area contributed by atoms with Crippen LogP contribution in [-0.4, -0.2) is 16.3 Å². The van der Waals surface area contributed by atoms with Gasteiger partial charge in [0.15, 0.2) is 0 Å². The number of nitrogens with one attached hydrogen (secondary N) is 2. The van der Waals surface area contributed by atoms with Crippen molar-refractivity contribution in [3.8, 4) is 11.1 Å². The van der Waals surface area contributed by atoms with Crippen LogP contribution in [0.5, 0.6) is 0 Å². The second kappa shape index (κ2) is 6.20. The van der Waals surface area contributed by atoms with E-state index >= 15 is 0 Å². The Balaban J connectivity index is 1.55. The van der Waals surface area contributed by atoms with Crippen molar-refractivity contribution in [1.82, 2.24) is 9.97 Å². The lowest BCUT2D eigenvalue weighted by molar-refractivity contribution is 0.112. The van der Waals surface area contributed by atoms with Gasteiger partial charge in [-0.15, -0.1) is 0 Å². The lowest BCUT2D eigenvalue weighted by atomic mass is 10.0. The quantitative estimate of drug-likeness (QED) is 0.522. The van der Waals surface area contributed by atoms with E-state index in [9.17, 15) is 9.18 Å². The number of nitrogens with zero attached hydrogens (tertiary/aromatic N) is 1. The lowest BCUT2D eigenvalue weighted by Gasteiger charge is -2.05. The molecule has 25 heavy (non-hydrogen) atoms. The van der Waals surface area contributed by atoms with Crippen LogP contribution in [0, 0.1) is 5.82 Å². The normalized spacial score (nSPS) is 10.8. The monoisotopic (exact) mass is 331 g/mol. The predicted octanol–water partition coefficient (Wildman–Crippen LogP) is 4.93. The van der Waals surface area contributed by atoms with Gasteiger partial charge in [0.1, 0.15) is 12.1 Å². The molecule has 0 fully saturated rings. The zero-order valence-electron chi connectivity index (χ0n) is 13.2. The van der Waals surface area contributed by atoms with Crippen LogP contribution in [0.25, 0.3) is 22.2 Å². The van der Waals surface area contributed by atoms with Crippen LogP contribution in [0.15, 0.2) is 66.7 Å². The molecule has 0 saturated carbocycles. The molecule has 0 radical (unpaired) electrons. The van der Waals surface area contributed by atoms with Crippen LogP contribution in [0.4, 0.5) is 16.0 Å². The number of carbonyl (C=O) groups excluding carboxylic acids is 1. The van der Waals surface area contributed by atoms with E-state index in [-0.39, 0.29) is 5.82 Å². The van der Waals surface area contributed by atoms with Gasteiger partial charge >= 0.3 is 0 Å². The first-order chi connectivity index (χ1) is 12.2. The van der Waals surface area contributed by atoms with Gasteiger partial charge < -0.3 is 10.3 Å². The number of fused-ring (bicyclic) bond motifs is 1. The zero-order chi connectivity index (χ0) is 17.2. The minimum absolute atomic E-state index is 0.310. The molecule has 3 aromatic carbocycles. The molecule has 0 aliphatic heterocycles. The van der Waals surface area contributed by atoms with E-state index < -0.39 is 0 Å². The molecule has 0 bridgehead atoms. The Kier molecular flexibility index (Phi) is 3.74. The summed E-state index contributed by atoms with van der Waals surface area (Å²) in [4.78, 5) is 18.2. The zero-order valence-corrected chi connectivity index (χ0v) is 13.2. The highest BCUT2D eigenvalue weighted by Gasteiger charge is 2.05. The molecule has 1 heterocycles. The van der Waals surface area contributed by atoms with Crippen molar-refractivity contribution < 1.29 is 9.18 Å². The fourth-order valence-corrected chi connectivity index (χ4v) is 2.68. The van der Waals surface area contributed by atoms with E-state index in [1.165, 1.54) is 12.1 Å². The Morgan fingerprint density at radius 2 is 1.60 bits per heavy atom. The SMILES string of the molecule is O=Cc1ccc(-c2ccc(Nc3nc4cc(F)ccc4[nH]3)cc2)cc1. The molecule has 0 aliphatic rings. The van der Waals surface area contributed by atoms with Crippen molar-refractivity contribution in [2.75, 3.05) is 5.32 Å². The maximum atomic E-state index is 13.2. The lowest BCUT2D eigenvalue weighted by Crippen LogP contribution is -1.92. The number of halogens is 1. The van der Waals surface area contributed by atoms with Crippen molar-refractivity contribution in [3.63, 3.8) is 0 Å². The van der Waals surface area contributed by atoms with Crippen molar-refractivity contribution in [2.45, 2.75) is 0 Å². The summed E-state index contributed by atoms with van der Waals surface area (Å²) in [6, 6.07) is 19.7. The number of rotatable bonds is 4. The van der Waals surface area contributed by atoms with Crippen LogP contribution in [0.1, 0.15) is 10.4 Å². The average Bonchev–Trinajstić information content (AvgIpc) is 3.04. The Bertz CT molecular complexity index is 1040. The Morgan fingerprint density at radius 1 is 0.920 bits per heavy atom. The molecule has 5 heteroatoms. The highest BCUT2D eigenvalue weighted by Crippen LogP contribution is 2.24. The molecule has 4 nitrogen and oxygen atoms in total. The minimum Gasteiger partial charge on any atom is -0.326 e. The molecule has 4 aromatic rings. The number of aldehydes is 1. The number of H-pyrrole nitrogens is 1. The molecular weight excluding hydrogens is 317 g/mol. The van der Waals surface area contributed by atoms with Crippen molar-refractivity contribution >= 4 is 29.0 Å². The summed E-state index contributed by atoms with van der Waals surface area (Å²) in [5, 5.41) is 3.17. The van der Waals surface area contributed by atoms with E-state index in [0.717, 1.165) is 28.6 Å². The van der Waals surface area contributed by atoms with Crippen LogP contribution in [-0.2, 0) is 0 Å². The summed E-state index contributed by atoms with van der Waals surface area (Å²) in [5.74, 6) is 0.249. The van der Waals surface area contributed by atoms with E-state index in [0.29, 0.717) is 17.0 Å². The molecular formula is C20H14FN3O. The first kappa shape index (κ1) is 15.1. The third-order valence-electron chi connectivity index (χ3n) is 3.97. The number of imidazole rings is 1. The number of aromatic amines is 1. The van der Waals surface area contributed by atoms with Crippen LogP contribution in [0.2, 0.25) is 0 Å². The van der Waals surface area contributed by atoms with Crippen molar-refractivity contribution in [3.05, 3.63) is 78.1 Å². The highest BCUT2D eigenvalue weighted by molar-refractivity contribution is 5.79. The fourth-order valence-electron chi connectivity index (χ4n) is 2.68. The number of aromatic nitrogens is 2. The first-order valence-electron chi connectivity index (χ1n) is 7.79. The smallest absolute Gasteiger partial charge is 0.205 e. The largest absolute Gasteiger partial charge is 0.326 e. The summed E-state index contributed by atoms with van der Waals surface area (Å²) in [6.45, 7) is 0. The summed E-state index contributed by atoms with van der Waals surface area (Å²) < 4.78 is 13.2. The Hall–Kier alpha value is -3.47. The van der Waals surface area contributed by atoms with Crippen LogP contribution in [0.3, 0.4) is 0 Å². The number of hydrogen-bond donors (Lipinski definition) is 2. The van der Waals surface area contributed by atoms with Crippen LogP contribution < -0.4 is 5.32 Å². The van der Waals surface area contributed by atoms with Gasteiger partial charge in [0.05, 0.1) is 11.0 Å². The predicted molar refractivity (Wildman–Crippen MR) is 96.6 cm³/mol. The number of benzene rings is 3. The summed E-state index contributed by atoms with van der Waals surface area (Å²) in [5.41, 5.74) is 4.97. The molecule has 1 aromatic heterocycles. The van der Waals surface area contributed by atoms with Gasteiger partial charge in [-0.2, -0.15) is 0 Å². The first-order valence-corrected chi connectivity index (χ1v) is 7.79. The molecule has 0 saturated heterocycles. The fraction of sp³-hybridized carbons (Fsp3) is 0. The van der Waals surface area contributed by atoms with Gasteiger partial charge in [0, 0.05) is 17.3 Å². The van der Waals surface area contributed by atoms with E-state index in [4.69, 9.17) is 0 Å². The average molecular weight is 331 g/mol. The number of anilines is 2. The van der Waals surface area contributed by atoms with Gasteiger partial charge in [-0.3, -0.25) is 4.79 Å². The third-order valence-corrected chi connectivity index (χ3v) is 3.97. The summed E-state index contributed by atoms with van der Waals surface area (Å²) in [7, 11) is 0. The molecule has 0 atom stereocenters. The van der Waals surface area contributed by atoms with Crippen molar-refractivity contribution in [2.24, 2.45) is 0 Å². The minimum atomic E-state index is -0.310. The number of hydrogen-bond acceptors (Lipinski definition) is 3. The van der Waals surface area contributed by atoms with E-state index in [1.807, 2.05) is 36.4 Å². The van der Waals surface area contributed by atoms with Crippen molar-refractivity contribution in [1.29, 1.82) is 0 Å².